The average molecular weight is 345 g/mol. The lowest BCUT2D eigenvalue weighted by atomic mass is 10.2. The number of nitrogens with zero attached hydrogens (tertiary/aromatic N) is 2. The number of pyridine rings is 1. The van der Waals surface area contributed by atoms with Crippen LogP contribution in [0.1, 0.15) is 29.1 Å². The summed E-state index contributed by atoms with van der Waals surface area (Å²) < 4.78 is 0.770. The third-order valence-electron chi connectivity index (χ3n) is 3.13. The van der Waals surface area contributed by atoms with Crippen molar-refractivity contribution in [3.63, 3.8) is 0 Å². The van der Waals surface area contributed by atoms with Gasteiger partial charge in [0.15, 0.2) is 0 Å². The molecule has 2 heterocycles. The van der Waals surface area contributed by atoms with Crippen LogP contribution in [0.2, 0.25) is 0 Å². The Morgan fingerprint density at radius 2 is 2.14 bits per heavy atom. The molecule has 0 bridgehead atoms. The number of nitrogens with one attached hydrogen (secondary N) is 2. The van der Waals surface area contributed by atoms with E-state index in [4.69, 9.17) is 0 Å². The second-order valence-corrected chi connectivity index (χ2v) is 5.64. The first-order valence-corrected chi connectivity index (χ1v) is 7.29. The van der Waals surface area contributed by atoms with Crippen molar-refractivity contribution in [1.29, 1.82) is 0 Å². The minimum Gasteiger partial charge on any atom is -0.342 e. The Bertz CT molecular complexity index is 766. The molecule has 2 N–H and O–H groups in total. The van der Waals surface area contributed by atoms with Gasteiger partial charge in [0, 0.05) is 16.9 Å². The average Bonchev–Trinajstić information content (AvgIpc) is 2.91. The molecule has 3 rings (SSSR count). The summed E-state index contributed by atoms with van der Waals surface area (Å²) in [5.74, 6) is 0.546. The third-order valence-corrected chi connectivity index (χ3v) is 3.57. The maximum absolute atomic E-state index is 12.2. The van der Waals surface area contributed by atoms with Gasteiger partial charge < -0.3 is 10.3 Å². The van der Waals surface area contributed by atoms with Gasteiger partial charge in [-0.15, -0.1) is 0 Å². The first-order valence-electron chi connectivity index (χ1n) is 6.49. The Morgan fingerprint density at radius 1 is 1.33 bits per heavy atom. The number of hydrogen-bond donors (Lipinski definition) is 2. The Kier molecular flexibility index (Phi) is 3.70. The number of rotatable bonds is 3. The summed E-state index contributed by atoms with van der Waals surface area (Å²) in [7, 11) is 0. The number of para-hydroxylation sites is 2. The molecular formula is C15H13BrN4O. The minimum absolute atomic E-state index is 0.184. The first kappa shape index (κ1) is 13.8. The zero-order valence-corrected chi connectivity index (χ0v) is 12.9. The highest BCUT2D eigenvalue weighted by Crippen LogP contribution is 2.16. The lowest BCUT2D eigenvalue weighted by Gasteiger charge is -2.11. The van der Waals surface area contributed by atoms with Crippen LogP contribution in [0.4, 0.5) is 0 Å². The number of carbonyl (C=O) groups excluding carboxylic acids is 1. The number of halogens is 1. The Labute approximate surface area is 129 Å². The van der Waals surface area contributed by atoms with Gasteiger partial charge in [-0.3, -0.25) is 9.78 Å². The maximum Gasteiger partial charge on any atom is 0.253 e. The number of benzene rings is 1. The van der Waals surface area contributed by atoms with E-state index in [0.29, 0.717) is 5.56 Å². The number of fused-ring (bicyclic) bond motifs is 1. The SMILES string of the molecule is C[C@H](NC(=O)c1cncc(Br)c1)c1nc2ccccc2[nH]1. The first-order chi connectivity index (χ1) is 10.1. The summed E-state index contributed by atoms with van der Waals surface area (Å²) in [5.41, 5.74) is 2.35. The van der Waals surface area contributed by atoms with Gasteiger partial charge in [0.2, 0.25) is 0 Å². The summed E-state index contributed by atoms with van der Waals surface area (Å²) in [6, 6.07) is 9.28. The van der Waals surface area contributed by atoms with Crippen molar-refractivity contribution in [3.8, 4) is 0 Å². The smallest absolute Gasteiger partial charge is 0.253 e. The van der Waals surface area contributed by atoms with Crippen LogP contribution in [0.5, 0.6) is 0 Å². The summed E-state index contributed by atoms with van der Waals surface area (Å²) in [6.45, 7) is 1.89. The van der Waals surface area contributed by atoms with Crippen molar-refractivity contribution in [2.75, 3.05) is 0 Å². The molecule has 106 valence electrons. The van der Waals surface area contributed by atoms with Crippen molar-refractivity contribution in [2.24, 2.45) is 0 Å². The summed E-state index contributed by atoms with van der Waals surface area (Å²) in [6.07, 6.45) is 3.17. The topological polar surface area (TPSA) is 70.7 Å². The molecule has 0 spiro atoms. The molecule has 0 aliphatic rings. The third kappa shape index (κ3) is 2.95. The van der Waals surface area contributed by atoms with E-state index in [1.165, 1.54) is 6.20 Å². The van der Waals surface area contributed by atoms with Crippen molar-refractivity contribution < 1.29 is 4.79 Å². The molecular weight excluding hydrogens is 332 g/mol. The van der Waals surface area contributed by atoms with Crippen LogP contribution < -0.4 is 5.32 Å². The molecule has 1 atom stereocenters. The van der Waals surface area contributed by atoms with E-state index in [1.54, 1.807) is 12.3 Å². The van der Waals surface area contributed by atoms with Crippen LogP contribution >= 0.6 is 15.9 Å². The number of H-pyrrole nitrogens is 1. The summed E-state index contributed by atoms with van der Waals surface area (Å²) in [4.78, 5) is 23.9. The van der Waals surface area contributed by atoms with Crippen LogP contribution in [0.15, 0.2) is 47.2 Å². The van der Waals surface area contributed by atoms with Crippen LogP contribution in [0.3, 0.4) is 0 Å². The lowest BCUT2D eigenvalue weighted by Crippen LogP contribution is -2.27. The van der Waals surface area contributed by atoms with Gasteiger partial charge in [-0.25, -0.2) is 4.98 Å². The monoisotopic (exact) mass is 344 g/mol. The van der Waals surface area contributed by atoms with Gasteiger partial charge in [-0.05, 0) is 41.1 Å². The molecule has 0 aliphatic carbocycles. The van der Waals surface area contributed by atoms with Gasteiger partial charge in [0.1, 0.15) is 5.82 Å². The molecule has 0 unspecified atom stereocenters. The Morgan fingerprint density at radius 3 is 2.90 bits per heavy atom. The standard InChI is InChI=1S/C15H13BrN4O/c1-9(14-19-12-4-2-3-5-13(12)20-14)18-15(21)10-6-11(16)8-17-7-10/h2-9H,1H3,(H,18,21)(H,19,20)/t9-/m0/s1. The molecule has 21 heavy (non-hydrogen) atoms. The van der Waals surface area contributed by atoms with E-state index in [2.05, 4.69) is 36.2 Å². The van der Waals surface area contributed by atoms with E-state index < -0.39 is 0 Å². The molecule has 6 heteroatoms. The highest BCUT2D eigenvalue weighted by Gasteiger charge is 2.15. The van der Waals surface area contributed by atoms with E-state index in [0.717, 1.165) is 21.3 Å². The van der Waals surface area contributed by atoms with Gasteiger partial charge >= 0.3 is 0 Å². The largest absolute Gasteiger partial charge is 0.342 e. The number of hydrogen-bond acceptors (Lipinski definition) is 3. The molecule has 2 aromatic heterocycles. The number of aromatic amines is 1. The van der Waals surface area contributed by atoms with Crippen LogP contribution in [-0.2, 0) is 0 Å². The normalized spacial score (nSPS) is 12.3. The highest BCUT2D eigenvalue weighted by molar-refractivity contribution is 9.10. The summed E-state index contributed by atoms with van der Waals surface area (Å²) in [5, 5.41) is 2.91. The van der Waals surface area contributed by atoms with Gasteiger partial charge in [0.05, 0.1) is 22.6 Å². The molecule has 1 amide bonds. The van der Waals surface area contributed by atoms with E-state index in [-0.39, 0.29) is 11.9 Å². The van der Waals surface area contributed by atoms with Crippen LogP contribution in [0, 0.1) is 0 Å². The van der Waals surface area contributed by atoms with Crippen LogP contribution in [-0.4, -0.2) is 20.9 Å². The van der Waals surface area contributed by atoms with Crippen molar-refractivity contribution in [2.45, 2.75) is 13.0 Å². The fourth-order valence-electron chi connectivity index (χ4n) is 2.06. The molecule has 0 aliphatic heterocycles. The number of imidazole rings is 1. The second-order valence-electron chi connectivity index (χ2n) is 4.73. The van der Waals surface area contributed by atoms with Crippen LogP contribution in [0.25, 0.3) is 11.0 Å². The second kappa shape index (κ2) is 5.65. The predicted octanol–water partition coefficient (Wildman–Crippen LogP) is 3.21. The molecule has 0 saturated carbocycles. The van der Waals surface area contributed by atoms with E-state index in [1.807, 2.05) is 31.2 Å². The predicted molar refractivity (Wildman–Crippen MR) is 83.9 cm³/mol. The molecule has 3 aromatic rings. The fourth-order valence-corrected chi connectivity index (χ4v) is 2.43. The van der Waals surface area contributed by atoms with Gasteiger partial charge in [-0.2, -0.15) is 0 Å². The molecule has 5 nitrogen and oxygen atoms in total. The lowest BCUT2D eigenvalue weighted by molar-refractivity contribution is 0.0938. The fraction of sp³-hybridized carbons (Fsp3) is 0.133. The van der Waals surface area contributed by atoms with Crippen molar-refractivity contribution in [1.82, 2.24) is 20.3 Å². The number of amides is 1. The van der Waals surface area contributed by atoms with Crippen molar-refractivity contribution in [3.05, 3.63) is 58.6 Å². The Hall–Kier alpha value is -2.21. The number of aromatic nitrogens is 3. The van der Waals surface area contributed by atoms with Crippen molar-refractivity contribution >= 4 is 32.9 Å². The number of carbonyl (C=O) groups is 1. The zero-order valence-electron chi connectivity index (χ0n) is 11.3. The molecule has 0 radical (unpaired) electrons. The molecule has 1 aromatic carbocycles. The minimum atomic E-state index is -0.219. The highest BCUT2D eigenvalue weighted by atomic mass is 79.9. The zero-order chi connectivity index (χ0) is 14.8. The van der Waals surface area contributed by atoms with Gasteiger partial charge in [0.25, 0.3) is 5.91 Å². The van der Waals surface area contributed by atoms with E-state index >= 15 is 0 Å². The van der Waals surface area contributed by atoms with E-state index in [9.17, 15) is 4.79 Å². The molecule has 0 fully saturated rings. The Balaban J connectivity index is 1.79. The maximum atomic E-state index is 12.2. The summed E-state index contributed by atoms with van der Waals surface area (Å²) >= 11 is 3.30. The van der Waals surface area contributed by atoms with Gasteiger partial charge in [-0.1, -0.05) is 12.1 Å². The molecule has 0 saturated heterocycles. The quantitative estimate of drug-likeness (QED) is 0.766.